The molecule has 2 rings (SSSR count). The van der Waals surface area contributed by atoms with E-state index in [4.69, 9.17) is 4.42 Å². The van der Waals surface area contributed by atoms with Crippen molar-refractivity contribution in [1.82, 2.24) is 0 Å². The average molecular weight is 401 g/mol. The van der Waals surface area contributed by atoms with Crippen LogP contribution in [0.25, 0.3) is 0 Å². The lowest BCUT2D eigenvalue weighted by Gasteiger charge is -2.13. The number of quaternary nitrogens is 1. The van der Waals surface area contributed by atoms with Crippen molar-refractivity contribution in [2.45, 2.75) is 19.8 Å². The Hall–Kier alpha value is -3.01. The van der Waals surface area contributed by atoms with Crippen molar-refractivity contribution in [1.29, 1.82) is 0 Å². The molecule has 0 fully saturated rings. The van der Waals surface area contributed by atoms with Crippen molar-refractivity contribution in [3.63, 3.8) is 0 Å². The highest BCUT2D eigenvalue weighted by Crippen LogP contribution is 2.23. The van der Waals surface area contributed by atoms with E-state index in [0.717, 1.165) is 17.0 Å². The number of amides is 1. The van der Waals surface area contributed by atoms with Crippen LogP contribution < -0.4 is 15.0 Å². The molecule has 10 heteroatoms. The summed E-state index contributed by atoms with van der Waals surface area (Å²) < 4.78 is 50.3. The molecule has 0 aliphatic carbocycles. The maximum absolute atomic E-state index is 12.1. The fourth-order valence-electron chi connectivity index (χ4n) is 2.52. The minimum atomic E-state index is -4.77. The number of carbonyl (C=O) groups excluding carboxylic acids is 2. The van der Waals surface area contributed by atoms with Crippen molar-refractivity contribution >= 4 is 17.6 Å². The third kappa shape index (κ3) is 6.31. The number of anilines is 1. The molecule has 0 spiro atoms. The summed E-state index contributed by atoms with van der Waals surface area (Å²) in [6.45, 7) is 2.07. The van der Waals surface area contributed by atoms with Crippen LogP contribution in [0.15, 0.2) is 34.7 Å². The summed E-state index contributed by atoms with van der Waals surface area (Å²) in [6.07, 6.45) is -4.77. The predicted octanol–water partition coefficient (Wildman–Crippen LogP) is 1.93. The van der Waals surface area contributed by atoms with Crippen LogP contribution in [0.1, 0.15) is 21.9 Å². The normalized spacial score (nSPS) is 12.4. The molecular formula is C18H20F3N2O5+. The molecule has 0 radical (unpaired) electrons. The van der Waals surface area contributed by atoms with Gasteiger partial charge in [0.15, 0.2) is 12.3 Å². The lowest BCUT2D eigenvalue weighted by atomic mass is 10.2. The van der Waals surface area contributed by atoms with Crippen molar-refractivity contribution in [3.8, 4) is 5.75 Å². The first kappa shape index (κ1) is 21.3. The number of methoxy groups -OCH3 is 1. The number of carbonyl (C=O) groups is 2. The lowest BCUT2D eigenvalue weighted by Crippen LogP contribution is -3.08. The van der Waals surface area contributed by atoms with E-state index >= 15 is 0 Å². The Morgan fingerprint density at radius 2 is 1.86 bits per heavy atom. The van der Waals surface area contributed by atoms with Crippen molar-refractivity contribution in [3.05, 3.63) is 47.4 Å². The highest BCUT2D eigenvalue weighted by Gasteiger charge is 2.31. The minimum Gasteiger partial charge on any atom is -0.465 e. The summed E-state index contributed by atoms with van der Waals surface area (Å²) in [6, 6.07) is 6.42. The third-order valence-electron chi connectivity index (χ3n) is 3.68. The Morgan fingerprint density at radius 1 is 1.21 bits per heavy atom. The molecule has 1 amide bonds. The molecule has 2 N–H and O–H groups in total. The van der Waals surface area contributed by atoms with Gasteiger partial charge >= 0.3 is 12.3 Å². The smallest absolute Gasteiger partial charge is 0.465 e. The molecule has 7 nitrogen and oxygen atoms in total. The molecule has 152 valence electrons. The van der Waals surface area contributed by atoms with E-state index in [0.29, 0.717) is 29.3 Å². The van der Waals surface area contributed by atoms with E-state index < -0.39 is 12.3 Å². The van der Waals surface area contributed by atoms with Gasteiger partial charge in [0.2, 0.25) is 0 Å². The van der Waals surface area contributed by atoms with E-state index in [1.54, 1.807) is 20.0 Å². The molecule has 0 aliphatic rings. The average Bonchev–Trinajstić information content (AvgIpc) is 2.94. The van der Waals surface area contributed by atoms with Gasteiger partial charge in [-0.1, -0.05) is 0 Å². The lowest BCUT2D eigenvalue weighted by molar-refractivity contribution is -0.886. The Morgan fingerprint density at radius 3 is 2.43 bits per heavy atom. The topological polar surface area (TPSA) is 82.2 Å². The Balaban J connectivity index is 1.88. The maximum Gasteiger partial charge on any atom is 0.573 e. The molecule has 1 unspecified atom stereocenters. The van der Waals surface area contributed by atoms with Crippen LogP contribution >= 0.6 is 0 Å². The summed E-state index contributed by atoms with van der Waals surface area (Å²) in [7, 11) is 3.04. The van der Waals surface area contributed by atoms with Crippen LogP contribution in [0.3, 0.4) is 0 Å². The predicted molar refractivity (Wildman–Crippen MR) is 92.0 cm³/mol. The fourth-order valence-corrected chi connectivity index (χ4v) is 2.52. The van der Waals surface area contributed by atoms with E-state index in [-0.39, 0.29) is 18.2 Å². The van der Waals surface area contributed by atoms with Gasteiger partial charge in [-0.2, -0.15) is 0 Å². The molecule has 1 atom stereocenters. The minimum absolute atomic E-state index is 0.0775. The molecule has 0 bridgehead atoms. The van der Waals surface area contributed by atoms with E-state index in [1.807, 2.05) is 0 Å². The Bertz CT molecular complexity index is 831. The zero-order chi connectivity index (χ0) is 20.9. The van der Waals surface area contributed by atoms with E-state index in [2.05, 4.69) is 14.8 Å². The van der Waals surface area contributed by atoms with Crippen LogP contribution in [0, 0.1) is 6.92 Å². The van der Waals surface area contributed by atoms with E-state index in [9.17, 15) is 22.8 Å². The maximum atomic E-state index is 12.1. The van der Waals surface area contributed by atoms with Crippen LogP contribution in [0.4, 0.5) is 18.9 Å². The number of hydrogen-bond acceptors (Lipinski definition) is 5. The van der Waals surface area contributed by atoms with Gasteiger partial charge < -0.3 is 24.1 Å². The zero-order valence-electron chi connectivity index (χ0n) is 15.5. The standard InChI is InChI=1S/C18H19F3N2O5/c1-11-15(17(25)26-3)8-14(27-11)9-23(2)10-16(24)22-12-4-6-13(7-5-12)28-18(19,20)21/h4-8H,9-10H2,1-3H3,(H,22,24)/p+1. The zero-order valence-corrected chi connectivity index (χ0v) is 15.5. The van der Waals surface area contributed by atoms with Gasteiger partial charge in [-0.05, 0) is 31.2 Å². The number of nitrogens with one attached hydrogen (secondary N) is 2. The number of furan rings is 1. The first-order valence-corrected chi connectivity index (χ1v) is 8.22. The van der Waals surface area contributed by atoms with Crippen LogP contribution in [-0.4, -0.2) is 38.9 Å². The van der Waals surface area contributed by atoms with Crippen LogP contribution in [0.5, 0.6) is 5.75 Å². The number of halogens is 3. The van der Waals surface area contributed by atoms with E-state index in [1.165, 1.54) is 19.2 Å². The van der Waals surface area contributed by atoms with Crippen molar-refractivity contribution in [2.24, 2.45) is 0 Å². The van der Waals surface area contributed by atoms with Gasteiger partial charge in [0.05, 0.1) is 14.2 Å². The summed E-state index contributed by atoms with van der Waals surface area (Å²) in [4.78, 5) is 24.5. The van der Waals surface area contributed by atoms with Crippen molar-refractivity contribution < 1.29 is 41.6 Å². The summed E-state index contributed by atoms with van der Waals surface area (Å²) in [5.74, 6) is -0.251. The van der Waals surface area contributed by atoms with Gasteiger partial charge in [-0.3, -0.25) is 4.79 Å². The second kappa shape index (κ2) is 8.79. The summed E-state index contributed by atoms with van der Waals surface area (Å²) >= 11 is 0. The number of likely N-dealkylation sites (N-methyl/N-ethyl adjacent to an activating group) is 1. The summed E-state index contributed by atoms with van der Waals surface area (Å²) in [5.41, 5.74) is 0.671. The Kier molecular flexibility index (Phi) is 6.68. The third-order valence-corrected chi connectivity index (χ3v) is 3.68. The number of benzene rings is 1. The number of alkyl halides is 3. The first-order chi connectivity index (χ1) is 13.1. The fraction of sp³-hybridized carbons (Fsp3) is 0.333. The van der Waals surface area contributed by atoms with Gasteiger partial charge in [-0.15, -0.1) is 13.2 Å². The van der Waals surface area contributed by atoms with Gasteiger partial charge in [-0.25, -0.2) is 4.79 Å². The highest BCUT2D eigenvalue weighted by atomic mass is 19.4. The molecular weight excluding hydrogens is 381 g/mol. The van der Waals surface area contributed by atoms with Crippen molar-refractivity contribution in [2.75, 3.05) is 26.0 Å². The molecule has 2 aromatic rings. The first-order valence-electron chi connectivity index (χ1n) is 8.22. The molecule has 0 saturated heterocycles. The monoisotopic (exact) mass is 401 g/mol. The molecule has 0 aliphatic heterocycles. The SMILES string of the molecule is COC(=O)c1cc(C[NH+](C)CC(=O)Nc2ccc(OC(F)(F)F)cc2)oc1C. The van der Waals surface area contributed by atoms with Gasteiger partial charge in [0.1, 0.15) is 23.6 Å². The quantitative estimate of drug-likeness (QED) is 0.693. The Labute approximate surface area is 159 Å². The number of ether oxygens (including phenoxy) is 2. The van der Waals surface area contributed by atoms with Gasteiger partial charge in [0.25, 0.3) is 5.91 Å². The van der Waals surface area contributed by atoms with Crippen LogP contribution in [0.2, 0.25) is 0 Å². The molecule has 0 saturated carbocycles. The van der Waals surface area contributed by atoms with Crippen LogP contribution in [-0.2, 0) is 16.1 Å². The second-order valence-electron chi connectivity index (χ2n) is 6.11. The number of aryl methyl sites for hydroxylation is 1. The van der Waals surface area contributed by atoms with Gasteiger partial charge in [0, 0.05) is 11.8 Å². The number of esters is 1. The largest absolute Gasteiger partial charge is 0.573 e. The highest BCUT2D eigenvalue weighted by molar-refractivity contribution is 5.91. The number of rotatable bonds is 7. The second-order valence-corrected chi connectivity index (χ2v) is 6.11. The molecule has 1 heterocycles. The molecule has 1 aromatic heterocycles. The molecule has 28 heavy (non-hydrogen) atoms. The summed E-state index contributed by atoms with van der Waals surface area (Å²) in [5, 5.41) is 2.59. The molecule has 1 aromatic carbocycles. The number of hydrogen-bond donors (Lipinski definition) is 2.